The van der Waals surface area contributed by atoms with Crippen LogP contribution in [0.4, 0.5) is 0 Å². The van der Waals surface area contributed by atoms with Crippen LogP contribution in [0.2, 0.25) is 0 Å². The Balaban J connectivity index is 1.65. The summed E-state index contributed by atoms with van der Waals surface area (Å²) in [5.74, 6) is 1.55. The number of hydrogen-bond donors (Lipinski definition) is 1. The van der Waals surface area contributed by atoms with Crippen molar-refractivity contribution in [2.24, 2.45) is 5.92 Å². The Labute approximate surface area is 90.0 Å². The van der Waals surface area contributed by atoms with Crippen molar-refractivity contribution in [1.29, 1.82) is 0 Å². The van der Waals surface area contributed by atoms with E-state index in [1.54, 1.807) is 0 Å². The fourth-order valence-electron chi connectivity index (χ4n) is 1.86. The van der Waals surface area contributed by atoms with E-state index in [4.69, 9.17) is 9.26 Å². The van der Waals surface area contributed by atoms with E-state index in [2.05, 4.69) is 10.5 Å². The molecule has 0 aromatic carbocycles. The van der Waals surface area contributed by atoms with E-state index < -0.39 is 0 Å². The molecule has 0 saturated carbocycles. The van der Waals surface area contributed by atoms with Gasteiger partial charge in [0, 0.05) is 6.07 Å². The first-order chi connectivity index (χ1) is 7.34. The molecule has 1 aromatic rings. The lowest BCUT2D eigenvalue weighted by molar-refractivity contribution is 0.0728. The van der Waals surface area contributed by atoms with Gasteiger partial charge in [0.2, 0.25) is 0 Å². The summed E-state index contributed by atoms with van der Waals surface area (Å²) in [6.07, 6.45) is 2.44. The molecule has 2 heterocycles. The molecular formula is C11H18N2O2. The molecule has 1 fully saturated rings. The molecule has 1 saturated heterocycles. The SMILES string of the molecule is Cc1cc(COCC2CCNCC2)no1. The van der Waals surface area contributed by atoms with E-state index >= 15 is 0 Å². The maximum absolute atomic E-state index is 5.62. The summed E-state index contributed by atoms with van der Waals surface area (Å²) >= 11 is 0. The van der Waals surface area contributed by atoms with Gasteiger partial charge in [-0.1, -0.05) is 5.16 Å². The maximum atomic E-state index is 5.62. The van der Waals surface area contributed by atoms with Gasteiger partial charge in [-0.15, -0.1) is 0 Å². The van der Waals surface area contributed by atoms with Gasteiger partial charge in [0.1, 0.15) is 11.5 Å². The number of nitrogens with one attached hydrogen (secondary N) is 1. The first kappa shape index (κ1) is 10.6. The molecule has 1 N–H and O–H groups in total. The molecule has 0 amide bonds. The molecular weight excluding hydrogens is 192 g/mol. The summed E-state index contributed by atoms with van der Waals surface area (Å²) in [4.78, 5) is 0. The Bertz CT molecular complexity index is 293. The topological polar surface area (TPSA) is 47.3 Å². The quantitative estimate of drug-likeness (QED) is 0.818. The average Bonchev–Trinajstić information content (AvgIpc) is 2.66. The van der Waals surface area contributed by atoms with Crippen LogP contribution in [-0.4, -0.2) is 24.9 Å². The highest BCUT2D eigenvalue weighted by Gasteiger charge is 2.13. The monoisotopic (exact) mass is 210 g/mol. The number of piperidine rings is 1. The van der Waals surface area contributed by atoms with Gasteiger partial charge >= 0.3 is 0 Å². The van der Waals surface area contributed by atoms with Crippen LogP contribution < -0.4 is 5.32 Å². The fraction of sp³-hybridized carbons (Fsp3) is 0.727. The molecule has 4 heteroatoms. The van der Waals surface area contributed by atoms with E-state index in [9.17, 15) is 0 Å². The predicted octanol–water partition coefficient (Wildman–Crippen LogP) is 1.50. The van der Waals surface area contributed by atoms with Gasteiger partial charge < -0.3 is 14.6 Å². The third-order valence-corrected chi connectivity index (χ3v) is 2.74. The van der Waals surface area contributed by atoms with E-state index in [0.29, 0.717) is 12.5 Å². The molecule has 1 aliphatic rings. The second-order valence-corrected chi connectivity index (χ2v) is 4.14. The Morgan fingerprint density at radius 3 is 3.00 bits per heavy atom. The highest BCUT2D eigenvalue weighted by atomic mass is 16.5. The molecule has 15 heavy (non-hydrogen) atoms. The Kier molecular flexibility index (Phi) is 3.75. The van der Waals surface area contributed by atoms with Crippen LogP contribution in [0.5, 0.6) is 0 Å². The van der Waals surface area contributed by atoms with E-state index in [0.717, 1.165) is 31.2 Å². The van der Waals surface area contributed by atoms with Crippen LogP contribution in [0.3, 0.4) is 0 Å². The number of nitrogens with zero attached hydrogens (tertiary/aromatic N) is 1. The van der Waals surface area contributed by atoms with Crippen molar-refractivity contribution in [2.45, 2.75) is 26.4 Å². The van der Waals surface area contributed by atoms with Gasteiger partial charge in [-0.05, 0) is 38.8 Å². The van der Waals surface area contributed by atoms with Crippen LogP contribution in [0.25, 0.3) is 0 Å². The van der Waals surface area contributed by atoms with Crippen molar-refractivity contribution in [2.75, 3.05) is 19.7 Å². The van der Waals surface area contributed by atoms with Crippen molar-refractivity contribution in [3.63, 3.8) is 0 Å². The average molecular weight is 210 g/mol. The summed E-state index contributed by atoms with van der Waals surface area (Å²) in [6.45, 7) is 5.55. The molecule has 0 bridgehead atoms. The summed E-state index contributed by atoms with van der Waals surface area (Å²) in [5, 5.41) is 7.23. The van der Waals surface area contributed by atoms with E-state index in [1.165, 1.54) is 12.8 Å². The molecule has 0 spiro atoms. The summed E-state index contributed by atoms with van der Waals surface area (Å²) in [5.41, 5.74) is 0.890. The molecule has 84 valence electrons. The van der Waals surface area contributed by atoms with Crippen molar-refractivity contribution in [1.82, 2.24) is 10.5 Å². The fourth-order valence-corrected chi connectivity index (χ4v) is 1.86. The standard InChI is InChI=1S/C11H18N2O2/c1-9-6-11(13-15-9)8-14-7-10-2-4-12-5-3-10/h6,10,12H,2-5,7-8H2,1H3. The van der Waals surface area contributed by atoms with Crippen molar-refractivity contribution in [3.05, 3.63) is 17.5 Å². The second-order valence-electron chi connectivity index (χ2n) is 4.14. The molecule has 0 atom stereocenters. The minimum Gasteiger partial charge on any atom is -0.375 e. The lowest BCUT2D eigenvalue weighted by Gasteiger charge is -2.21. The van der Waals surface area contributed by atoms with Crippen molar-refractivity contribution >= 4 is 0 Å². The highest BCUT2D eigenvalue weighted by Crippen LogP contribution is 2.12. The van der Waals surface area contributed by atoms with Gasteiger partial charge in [-0.2, -0.15) is 0 Å². The minimum atomic E-state index is 0.571. The minimum absolute atomic E-state index is 0.571. The van der Waals surface area contributed by atoms with Gasteiger partial charge in [0.15, 0.2) is 0 Å². The largest absolute Gasteiger partial charge is 0.375 e. The van der Waals surface area contributed by atoms with Gasteiger partial charge in [0.25, 0.3) is 0 Å². The first-order valence-corrected chi connectivity index (χ1v) is 5.55. The molecule has 0 unspecified atom stereocenters. The Morgan fingerprint density at radius 1 is 1.53 bits per heavy atom. The number of rotatable bonds is 4. The lowest BCUT2D eigenvalue weighted by atomic mass is 9.99. The molecule has 4 nitrogen and oxygen atoms in total. The predicted molar refractivity (Wildman–Crippen MR) is 56.5 cm³/mol. The molecule has 1 aliphatic heterocycles. The van der Waals surface area contributed by atoms with E-state index in [1.807, 2.05) is 13.0 Å². The number of aryl methyl sites for hydroxylation is 1. The maximum Gasteiger partial charge on any atom is 0.134 e. The first-order valence-electron chi connectivity index (χ1n) is 5.55. The molecule has 0 radical (unpaired) electrons. The zero-order chi connectivity index (χ0) is 10.5. The van der Waals surface area contributed by atoms with Crippen LogP contribution in [0.1, 0.15) is 24.3 Å². The summed E-state index contributed by atoms with van der Waals surface area (Å²) < 4.78 is 10.6. The number of aromatic nitrogens is 1. The number of ether oxygens (including phenoxy) is 1. The Hall–Kier alpha value is -0.870. The third-order valence-electron chi connectivity index (χ3n) is 2.74. The van der Waals surface area contributed by atoms with Gasteiger partial charge in [-0.3, -0.25) is 0 Å². The van der Waals surface area contributed by atoms with Crippen LogP contribution in [0, 0.1) is 12.8 Å². The van der Waals surface area contributed by atoms with Crippen LogP contribution >= 0.6 is 0 Å². The van der Waals surface area contributed by atoms with Crippen LogP contribution in [-0.2, 0) is 11.3 Å². The van der Waals surface area contributed by atoms with Gasteiger partial charge in [0.05, 0.1) is 13.2 Å². The van der Waals surface area contributed by atoms with E-state index in [-0.39, 0.29) is 0 Å². The van der Waals surface area contributed by atoms with Crippen molar-refractivity contribution in [3.8, 4) is 0 Å². The second kappa shape index (κ2) is 5.28. The Morgan fingerprint density at radius 2 is 2.33 bits per heavy atom. The van der Waals surface area contributed by atoms with Crippen LogP contribution in [0.15, 0.2) is 10.6 Å². The zero-order valence-corrected chi connectivity index (χ0v) is 9.16. The normalized spacial score (nSPS) is 18.2. The highest BCUT2D eigenvalue weighted by molar-refractivity contribution is 5.01. The smallest absolute Gasteiger partial charge is 0.134 e. The van der Waals surface area contributed by atoms with Crippen molar-refractivity contribution < 1.29 is 9.26 Å². The zero-order valence-electron chi connectivity index (χ0n) is 9.16. The number of hydrogen-bond acceptors (Lipinski definition) is 4. The molecule has 2 rings (SSSR count). The lowest BCUT2D eigenvalue weighted by Crippen LogP contribution is -2.29. The summed E-state index contributed by atoms with van der Waals surface area (Å²) in [6, 6.07) is 1.92. The van der Waals surface area contributed by atoms with Gasteiger partial charge in [-0.25, -0.2) is 0 Å². The molecule has 0 aliphatic carbocycles. The summed E-state index contributed by atoms with van der Waals surface area (Å²) in [7, 11) is 0. The third kappa shape index (κ3) is 3.32. The molecule has 1 aromatic heterocycles.